The molecule has 1 amide bonds. The smallest absolute Gasteiger partial charge is 0.267 e. The number of para-hydroxylation sites is 2. The van der Waals surface area contributed by atoms with E-state index in [1.807, 2.05) is 12.1 Å². The van der Waals surface area contributed by atoms with E-state index in [0.29, 0.717) is 17.1 Å². The van der Waals surface area contributed by atoms with Gasteiger partial charge in [0.25, 0.3) is 5.91 Å². The molecule has 2 aromatic rings. The molecule has 5 heteroatoms. The number of halogens is 1. The summed E-state index contributed by atoms with van der Waals surface area (Å²) in [6.07, 6.45) is -1.16. The number of benzene rings is 2. The first-order valence-electron chi connectivity index (χ1n) is 7.47. The Morgan fingerprint density at radius 2 is 1.70 bits per heavy atom. The van der Waals surface area contributed by atoms with E-state index >= 15 is 0 Å². The van der Waals surface area contributed by atoms with Crippen LogP contribution in [0.5, 0.6) is 11.5 Å². The van der Waals surface area contributed by atoms with Crippen molar-refractivity contribution in [3.8, 4) is 11.5 Å². The van der Waals surface area contributed by atoms with Crippen molar-refractivity contribution >= 4 is 5.91 Å². The Bertz CT molecular complexity index is 719. The highest BCUT2D eigenvalue weighted by atomic mass is 19.1. The van der Waals surface area contributed by atoms with Crippen LogP contribution in [0.1, 0.15) is 12.5 Å². The summed E-state index contributed by atoms with van der Waals surface area (Å²) in [4.78, 5) is 14.1. The molecule has 0 aliphatic carbocycles. The molecule has 0 saturated carbocycles. The van der Waals surface area contributed by atoms with Crippen molar-refractivity contribution < 1.29 is 18.7 Å². The Hall–Kier alpha value is -2.56. The zero-order valence-corrected chi connectivity index (χ0v) is 13.0. The Morgan fingerprint density at radius 3 is 2.39 bits per heavy atom. The average Bonchev–Trinajstić information content (AvgIpc) is 2.55. The van der Waals surface area contributed by atoms with Gasteiger partial charge in [-0.3, -0.25) is 4.79 Å². The fourth-order valence-corrected chi connectivity index (χ4v) is 2.57. The van der Waals surface area contributed by atoms with E-state index in [1.54, 1.807) is 44.3 Å². The Morgan fingerprint density at radius 1 is 1.09 bits per heavy atom. The molecule has 0 radical (unpaired) electrons. The highest BCUT2D eigenvalue weighted by Crippen LogP contribution is 2.33. The minimum absolute atomic E-state index is 0.180. The van der Waals surface area contributed by atoms with Crippen LogP contribution in [0.3, 0.4) is 0 Å². The average molecular weight is 315 g/mol. The van der Waals surface area contributed by atoms with Crippen LogP contribution in [0.25, 0.3) is 0 Å². The largest absolute Gasteiger partial charge is 0.482 e. The van der Waals surface area contributed by atoms with E-state index in [2.05, 4.69) is 0 Å². The number of carbonyl (C=O) groups excluding carboxylic acids is 1. The van der Waals surface area contributed by atoms with Gasteiger partial charge in [0.2, 0.25) is 6.10 Å². The van der Waals surface area contributed by atoms with Crippen LogP contribution in [-0.2, 0) is 11.3 Å². The standard InChI is InChI=1S/C18H18FNO3/c1-12-17(23-16-10-6-5-9-15(16)22-12)18(21)20(2)11-13-7-3-4-8-14(13)19/h3-10,12,17H,11H2,1-2H3. The van der Waals surface area contributed by atoms with Crippen molar-refractivity contribution in [2.45, 2.75) is 25.7 Å². The van der Waals surface area contributed by atoms with Gasteiger partial charge in [-0.1, -0.05) is 30.3 Å². The van der Waals surface area contributed by atoms with Gasteiger partial charge in [-0.15, -0.1) is 0 Å². The number of likely N-dealkylation sites (N-methyl/N-ethyl adjacent to an activating group) is 1. The predicted molar refractivity (Wildman–Crippen MR) is 83.8 cm³/mol. The molecule has 3 rings (SSSR count). The van der Waals surface area contributed by atoms with Gasteiger partial charge in [-0.05, 0) is 25.1 Å². The maximum absolute atomic E-state index is 13.7. The molecule has 2 atom stereocenters. The second kappa shape index (κ2) is 6.28. The summed E-state index contributed by atoms with van der Waals surface area (Å²) in [7, 11) is 1.63. The molecule has 0 spiro atoms. The first-order chi connectivity index (χ1) is 11.1. The number of amides is 1. The lowest BCUT2D eigenvalue weighted by Gasteiger charge is -2.33. The van der Waals surface area contributed by atoms with Crippen molar-refractivity contribution in [3.63, 3.8) is 0 Å². The van der Waals surface area contributed by atoms with E-state index in [-0.39, 0.29) is 18.3 Å². The predicted octanol–water partition coefficient (Wildman–Crippen LogP) is 3.01. The van der Waals surface area contributed by atoms with Crippen LogP contribution < -0.4 is 9.47 Å². The van der Waals surface area contributed by atoms with Crippen LogP contribution in [0.2, 0.25) is 0 Å². The van der Waals surface area contributed by atoms with E-state index in [0.717, 1.165) is 0 Å². The maximum Gasteiger partial charge on any atom is 0.267 e. The molecule has 120 valence electrons. The first kappa shape index (κ1) is 15.3. The zero-order valence-electron chi connectivity index (χ0n) is 13.0. The number of nitrogens with zero attached hydrogens (tertiary/aromatic N) is 1. The number of ether oxygens (including phenoxy) is 2. The Labute approximate surface area is 134 Å². The molecule has 2 unspecified atom stereocenters. The molecule has 1 aliphatic rings. The maximum atomic E-state index is 13.7. The summed E-state index contributed by atoms with van der Waals surface area (Å²) >= 11 is 0. The van der Waals surface area contributed by atoms with Crippen LogP contribution in [0.4, 0.5) is 4.39 Å². The van der Waals surface area contributed by atoms with E-state index in [1.165, 1.54) is 11.0 Å². The van der Waals surface area contributed by atoms with Crippen molar-refractivity contribution in [2.24, 2.45) is 0 Å². The summed E-state index contributed by atoms with van der Waals surface area (Å²) in [6.45, 7) is 1.97. The second-order valence-corrected chi connectivity index (χ2v) is 5.59. The topological polar surface area (TPSA) is 38.8 Å². The van der Waals surface area contributed by atoms with Crippen molar-refractivity contribution in [1.29, 1.82) is 0 Å². The number of hydrogen-bond acceptors (Lipinski definition) is 3. The van der Waals surface area contributed by atoms with Crippen molar-refractivity contribution in [2.75, 3.05) is 7.05 Å². The molecule has 1 aliphatic heterocycles. The van der Waals surface area contributed by atoms with Gasteiger partial charge in [0.05, 0.1) is 0 Å². The van der Waals surface area contributed by atoms with E-state index < -0.39 is 12.2 Å². The lowest BCUT2D eigenvalue weighted by atomic mass is 10.1. The van der Waals surface area contributed by atoms with E-state index in [9.17, 15) is 9.18 Å². The minimum atomic E-state index is -0.748. The molecular formula is C18H18FNO3. The van der Waals surface area contributed by atoms with Crippen LogP contribution in [0, 0.1) is 5.82 Å². The third kappa shape index (κ3) is 3.13. The van der Waals surface area contributed by atoms with Crippen LogP contribution in [-0.4, -0.2) is 30.1 Å². The summed E-state index contributed by atoms with van der Waals surface area (Å²) < 4.78 is 25.3. The molecular weight excluding hydrogens is 297 g/mol. The fourth-order valence-electron chi connectivity index (χ4n) is 2.57. The minimum Gasteiger partial charge on any atom is -0.482 e. The number of fused-ring (bicyclic) bond motifs is 1. The third-order valence-corrected chi connectivity index (χ3v) is 3.83. The molecule has 0 saturated heterocycles. The highest BCUT2D eigenvalue weighted by Gasteiger charge is 2.35. The SMILES string of the molecule is CC1Oc2ccccc2OC1C(=O)N(C)Cc1ccccc1F. The summed E-state index contributed by atoms with van der Waals surface area (Å²) in [5.74, 6) is 0.602. The van der Waals surface area contributed by atoms with E-state index in [4.69, 9.17) is 9.47 Å². The summed E-state index contributed by atoms with van der Waals surface area (Å²) in [6, 6.07) is 13.6. The van der Waals surface area contributed by atoms with Gasteiger partial charge in [-0.25, -0.2) is 4.39 Å². The molecule has 0 N–H and O–H groups in total. The second-order valence-electron chi connectivity index (χ2n) is 5.59. The van der Waals surface area contributed by atoms with Crippen LogP contribution in [0.15, 0.2) is 48.5 Å². The quantitative estimate of drug-likeness (QED) is 0.874. The highest BCUT2D eigenvalue weighted by molar-refractivity contribution is 5.82. The molecule has 0 bridgehead atoms. The molecule has 0 aromatic heterocycles. The van der Waals surface area contributed by atoms with Gasteiger partial charge in [0, 0.05) is 19.2 Å². The van der Waals surface area contributed by atoms with Gasteiger partial charge in [-0.2, -0.15) is 0 Å². The first-order valence-corrected chi connectivity index (χ1v) is 7.47. The van der Waals surface area contributed by atoms with Crippen molar-refractivity contribution in [3.05, 3.63) is 59.9 Å². The fraction of sp³-hybridized carbons (Fsp3) is 0.278. The Kier molecular flexibility index (Phi) is 4.19. The lowest BCUT2D eigenvalue weighted by molar-refractivity contribution is -0.143. The number of carbonyl (C=O) groups is 1. The van der Waals surface area contributed by atoms with Gasteiger partial charge >= 0.3 is 0 Å². The van der Waals surface area contributed by atoms with Gasteiger partial charge < -0.3 is 14.4 Å². The van der Waals surface area contributed by atoms with Gasteiger partial charge in [0.1, 0.15) is 11.9 Å². The normalized spacial score (nSPS) is 19.3. The molecule has 1 heterocycles. The summed E-state index contributed by atoms with van der Waals surface area (Å²) in [5.41, 5.74) is 0.466. The summed E-state index contributed by atoms with van der Waals surface area (Å²) in [5, 5.41) is 0. The molecule has 23 heavy (non-hydrogen) atoms. The molecule has 4 nitrogen and oxygen atoms in total. The third-order valence-electron chi connectivity index (χ3n) is 3.83. The monoisotopic (exact) mass is 315 g/mol. The molecule has 2 aromatic carbocycles. The van der Waals surface area contributed by atoms with Crippen LogP contribution >= 0.6 is 0 Å². The number of hydrogen-bond donors (Lipinski definition) is 0. The molecule has 0 fully saturated rings. The lowest BCUT2D eigenvalue weighted by Crippen LogP contribution is -2.49. The van der Waals surface area contributed by atoms with Crippen molar-refractivity contribution in [1.82, 2.24) is 4.90 Å². The zero-order chi connectivity index (χ0) is 16.4. The Balaban J connectivity index is 1.74. The number of rotatable bonds is 3. The van der Waals surface area contributed by atoms with Gasteiger partial charge in [0.15, 0.2) is 11.5 Å².